The third kappa shape index (κ3) is 2.84. The van der Waals surface area contributed by atoms with Crippen LogP contribution >= 0.6 is 0 Å². The Bertz CT molecular complexity index is 613. The Morgan fingerprint density at radius 1 is 1.24 bits per heavy atom. The average Bonchev–Trinajstić information content (AvgIpc) is 3.34. The summed E-state index contributed by atoms with van der Waals surface area (Å²) in [6.45, 7) is 1.60. The summed E-state index contributed by atoms with van der Waals surface area (Å²) in [6.07, 6.45) is 7.23. The van der Waals surface area contributed by atoms with Crippen LogP contribution in [0.1, 0.15) is 25.7 Å². The summed E-state index contributed by atoms with van der Waals surface area (Å²) < 4.78 is 0. The summed E-state index contributed by atoms with van der Waals surface area (Å²) in [4.78, 5) is 38.3. The Hall–Kier alpha value is -1.89. The van der Waals surface area contributed by atoms with E-state index in [1.807, 2.05) is 0 Å². The van der Waals surface area contributed by atoms with Crippen LogP contribution in [0.4, 0.5) is 0 Å². The number of fused-ring (bicyclic) bond motifs is 5. The van der Waals surface area contributed by atoms with Crippen molar-refractivity contribution in [3.63, 3.8) is 0 Å². The van der Waals surface area contributed by atoms with E-state index in [9.17, 15) is 14.4 Å². The molecule has 2 saturated heterocycles. The zero-order valence-corrected chi connectivity index (χ0v) is 14.2. The largest absolute Gasteiger partial charge is 0.481 e. The Balaban J connectivity index is 1.52. The molecule has 6 atom stereocenters. The number of carbonyl (C=O) groups excluding carboxylic acids is 2. The van der Waals surface area contributed by atoms with Crippen molar-refractivity contribution in [3.05, 3.63) is 12.2 Å². The monoisotopic (exact) mass is 347 g/mol. The summed E-state index contributed by atoms with van der Waals surface area (Å²) in [5, 5.41) is 14.8. The molecule has 0 spiro atoms. The SMILES string of the molecule is O=C(O)CCNC(=O)C1C2C3C=CC(C3)C2CN1C(=O)C1CCCN1. The molecular formula is C18H25N3O4. The smallest absolute Gasteiger partial charge is 0.305 e. The highest BCUT2D eigenvalue weighted by atomic mass is 16.4. The van der Waals surface area contributed by atoms with E-state index in [0.717, 1.165) is 25.8 Å². The number of hydrogen-bond donors (Lipinski definition) is 3. The molecule has 3 N–H and O–H groups in total. The van der Waals surface area contributed by atoms with E-state index in [-0.39, 0.29) is 36.7 Å². The summed E-state index contributed by atoms with van der Waals surface area (Å²) in [7, 11) is 0. The normalized spacial score (nSPS) is 38.2. The predicted octanol–water partition coefficient (Wildman–Crippen LogP) is -0.0216. The topological polar surface area (TPSA) is 98.7 Å². The molecule has 3 fully saturated rings. The minimum Gasteiger partial charge on any atom is -0.481 e. The van der Waals surface area contributed by atoms with Crippen LogP contribution in [0.15, 0.2) is 12.2 Å². The van der Waals surface area contributed by atoms with E-state index in [1.165, 1.54) is 0 Å². The van der Waals surface area contributed by atoms with Crippen molar-refractivity contribution in [2.24, 2.45) is 23.7 Å². The number of likely N-dealkylation sites (tertiary alicyclic amines) is 1. The fourth-order valence-electron chi connectivity index (χ4n) is 5.27. The fraction of sp³-hybridized carbons (Fsp3) is 0.722. The van der Waals surface area contributed by atoms with Gasteiger partial charge in [-0.3, -0.25) is 14.4 Å². The third-order valence-corrected chi connectivity index (χ3v) is 6.34. The number of aliphatic carboxylic acids is 1. The lowest BCUT2D eigenvalue weighted by atomic mass is 9.81. The van der Waals surface area contributed by atoms with Crippen LogP contribution in [0.25, 0.3) is 0 Å². The standard InChI is InChI=1S/C18H25N3O4/c22-14(23)5-7-20-17(24)16-15-11-4-3-10(8-11)12(15)9-21(16)18(25)13-2-1-6-19-13/h3-4,10-13,15-16,19H,1-2,5-9H2,(H,20,24)(H,22,23). The van der Waals surface area contributed by atoms with Gasteiger partial charge in [-0.15, -0.1) is 0 Å². The van der Waals surface area contributed by atoms with Crippen molar-refractivity contribution < 1.29 is 19.5 Å². The number of carbonyl (C=O) groups is 3. The van der Waals surface area contributed by atoms with Gasteiger partial charge in [0, 0.05) is 13.1 Å². The zero-order valence-electron chi connectivity index (χ0n) is 14.2. The van der Waals surface area contributed by atoms with E-state index in [1.54, 1.807) is 4.90 Å². The van der Waals surface area contributed by atoms with Crippen LogP contribution < -0.4 is 10.6 Å². The summed E-state index contributed by atoms with van der Waals surface area (Å²) in [6, 6.07) is -0.646. The van der Waals surface area contributed by atoms with E-state index in [4.69, 9.17) is 5.11 Å². The van der Waals surface area contributed by atoms with Crippen LogP contribution in [0.5, 0.6) is 0 Å². The van der Waals surface area contributed by atoms with Gasteiger partial charge in [-0.2, -0.15) is 0 Å². The first-order valence-corrected chi connectivity index (χ1v) is 9.28. The van der Waals surface area contributed by atoms with Gasteiger partial charge in [0.15, 0.2) is 0 Å². The first-order chi connectivity index (χ1) is 12.1. The van der Waals surface area contributed by atoms with E-state index < -0.39 is 12.0 Å². The lowest BCUT2D eigenvalue weighted by molar-refractivity contribution is -0.141. The number of allylic oxidation sites excluding steroid dienone is 2. The Kier molecular flexibility index (Phi) is 4.27. The van der Waals surface area contributed by atoms with Crippen molar-refractivity contribution in [1.29, 1.82) is 0 Å². The van der Waals surface area contributed by atoms with Crippen LogP contribution in [-0.4, -0.2) is 59.5 Å². The molecule has 7 heteroatoms. The van der Waals surface area contributed by atoms with Gasteiger partial charge in [-0.25, -0.2) is 0 Å². The van der Waals surface area contributed by atoms with Crippen LogP contribution in [0, 0.1) is 23.7 Å². The molecule has 2 aliphatic carbocycles. The molecule has 2 amide bonds. The van der Waals surface area contributed by atoms with Crippen LogP contribution in [0.3, 0.4) is 0 Å². The van der Waals surface area contributed by atoms with Crippen molar-refractivity contribution in [2.75, 3.05) is 19.6 Å². The second-order valence-corrected chi connectivity index (χ2v) is 7.71. The number of hydrogen-bond acceptors (Lipinski definition) is 4. The molecule has 2 aliphatic heterocycles. The molecule has 136 valence electrons. The summed E-state index contributed by atoms with van der Waals surface area (Å²) >= 11 is 0. The number of nitrogens with one attached hydrogen (secondary N) is 2. The number of carboxylic acids is 1. The van der Waals surface area contributed by atoms with Crippen LogP contribution in [0.2, 0.25) is 0 Å². The van der Waals surface area contributed by atoms with Gasteiger partial charge in [0.2, 0.25) is 11.8 Å². The summed E-state index contributed by atoms with van der Waals surface area (Å²) in [5.41, 5.74) is 0. The molecule has 0 aromatic rings. The van der Waals surface area contributed by atoms with Gasteiger partial charge in [0.05, 0.1) is 12.5 Å². The second-order valence-electron chi connectivity index (χ2n) is 7.71. The van der Waals surface area contributed by atoms with Gasteiger partial charge in [0.25, 0.3) is 0 Å². The molecule has 2 bridgehead atoms. The quantitative estimate of drug-likeness (QED) is 0.607. The van der Waals surface area contributed by atoms with Gasteiger partial charge in [-0.1, -0.05) is 12.2 Å². The van der Waals surface area contributed by atoms with Gasteiger partial charge < -0.3 is 20.6 Å². The molecule has 1 saturated carbocycles. The van der Waals surface area contributed by atoms with Gasteiger partial charge in [0.1, 0.15) is 6.04 Å². The molecule has 6 unspecified atom stereocenters. The predicted molar refractivity (Wildman–Crippen MR) is 89.5 cm³/mol. The van der Waals surface area contributed by atoms with E-state index >= 15 is 0 Å². The highest BCUT2D eigenvalue weighted by molar-refractivity contribution is 5.91. The van der Waals surface area contributed by atoms with Crippen molar-refractivity contribution in [3.8, 4) is 0 Å². The molecular weight excluding hydrogens is 322 g/mol. The number of rotatable bonds is 5. The molecule has 4 aliphatic rings. The third-order valence-electron chi connectivity index (χ3n) is 6.34. The maximum Gasteiger partial charge on any atom is 0.305 e. The Morgan fingerprint density at radius 2 is 2.04 bits per heavy atom. The lowest BCUT2D eigenvalue weighted by Crippen LogP contribution is -2.53. The highest BCUT2D eigenvalue weighted by Gasteiger charge is 2.58. The van der Waals surface area contributed by atoms with Crippen molar-refractivity contribution >= 4 is 17.8 Å². The van der Waals surface area contributed by atoms with E-state index in [2.05, 4.69) is 22.8 Å². The minimum atomic E-state index is -0.935. The minimum absolute atomic E-state index is 0.0321. The molecule has 0 aromatic heterocycles. The fourth-order valence-corrected chi connectivity index (χ4v) is 5.27. The molecule has 0 radical (unpaired) electrons. The first kappa shape index (κ1) is 16.6. The number of nitrogens with zero attached hydrogens (tertiary/aromatic N) is 1. The van der Waals surface area contributed by atoms with Crippen molar-refractivity contribution in [2.45, 2.75) is 37.8 Å². The summed E-state index contributed by atoms with van der Waals surface area (Å²) in [5.74, 6) is 0.264. The van der Waals surface area contributed by atoms with E-state index in [0.29, 0.717) is 24.3 Å². The zero-order chi connectivity index (χ0) is 17.6. The number of carboxylic acid groups (broad SMARTS) is 1. The molecule has 2 heterocycles. The van der Waals surface area contributed by atoms with Crippen LogP contribution in [-0.2, 0) is 14.4 Å². The molecule has 0 aromatic carbocycles. The first-order valence-electron chi connectivity index (χ1n) is 9.28. The Morgan fingerprint density at radius 3 is 2.76 bits per heavy atom. The molecule has 7 nitrogen and oxygen atoms in total. The average molecular weight is 347 g/mol. The van der Waals surface area contributed by atoms with Crippen molar-refractivity contribution in [1.82, 2.24) is 15.5 Å². The maximum absolute atomic E-state index is 13.0. The molecule has 25 heavy (non-hydrogen) atoms. The maximum atomic E-state index is 13.0. The van der Waals surface area contributed by atoms with Gasteiger partial charge in [-0.05, 0) is 49.5 Å². The molecule has 4 rings (SSSR count). The number of amides is 2. The lowest BCUT2D eigenvalue weighted by Gasteiger charge is -2.30. The van der Waals surface area contributed by atoms with Gasteiger partial charge >= 0.3 is 5.97 Å². The highest BCUT2D eigenvalue weighted by Crippen LogP contribution is 2.54. The second kappa shape index (κ2) is 6.44. The Labute approximate surface area is 146 Å².